The van der Waals surface area contributed by atoms with Gasteiger partial charge in [-0.1, -0.05) is 51.3 Å². The van der Waals surface area contributed by atoms with E-state index in [2.05, 4.69) is 62.4 Å². The van der Waals surface area contributed by atoms with Crippen molar-refractivity contribution in [1.29, 1.82) is 0 Å². The number of thiol groups is 1. The summed E-state index contributed by atoms with van der Waals surface area (Å²) in [6.45, 7) is 12.7. The summed E-state index contributed by atoms with van der Waals surface area (Å²) in [5, 5.41) is 1.17. The number of rotatable bonds is 14. The number of carbonyl (C=O) groups is 1. The van der Waals surface area contributed by atoms with Crippen molar-refractivity contribution in [2.24, 2.45) is 29.4 Å². The minimum absolute atomic E-state index is 0.125. The first-order chi connectivity index (χ1) is 24.6. The topological polar surface area (TPSA) is 86.5 Å². The van der Waals surface area contributed by atoms with Crippen LogP contribution in [-0.2, 0) is 20.6 Å². The number of likely N-dealkylation sites (tertiary alicyclic amines) is 1. The number of halogens is 1. The van der Waals surface area contributed by atoms with Crippen molar-refractivity contribution in [2.45, 2.75) is 95.7 Å². The molecular formula is C41H62ClN3O5S. The van der Waals surface area contributed by atoms with Crippen LogP contribution in [0.25, 0.3) is 0 Å². The van der Waals surface area contributed by atoms with Crippen molar-refractivity contribution < 1.29 is 23.7 Å². The monoisotopic (exact) mass is 743 g/mol. The van der Waals surface area contributed by atoms with Crippen LogP contribution in [0.5, 0.6) is 5.75 Å². The van der Waals surface area contributed by atoms with Gasteiger partial charge < -0.3 is 34.5 Å². The largest absolute Gasteiger partial charge is 0.491 e. The van der Waals surface area contributed by atoms with Gasteiger partial charge in [-0.3, -0.25) is 4.79 Å². The fourth-order valence-electron chi connectivity index (χ4n) is 8.15. The number of primary amides is 1. The van der Waals surface area contributed by atoms with Crippen molar-refractivity contribution in [3.05, 3.63) is 58.1 Å². The van der Waals surface area contributed by atoms with Gasteiger partial charge in [0.15, 0.2) is 6.29 Å². The second-order valence-corrected chi connectivity index (χ2v) is 16.7. The Bertz CT molecular complexity index is 1400. The summed E-state index contributed by atoms with van der Waals surface area (Å²) in [6.07, 6.45) is 9.18. The second kappa shape index (κ2) is 19.4. The molecule has 6 rings (SSSR count). The molecule has 0 spiro atoms. The van der Waals surface area contributed by atoms with E-state index < -0.39 is 5.91 Å². The number of aryl methyl sites for hydroxylation is 1. The van der Waals surface area contributed by atoms with Crippen LogP contribution in [0.2, 0.25) is 5.02 Å². The van der Waals surface area contributed by atoms with Gasteiger partial charge in [0, 0.05) is 61.0 Å². The van der Waals surface area contributed by atoms with Crippen molar-refractivity contribution >= 4 is 35.8 Å². The number of likely N-dealkylation sites (N-methyl/N-ethyl adjacent to an activating group) is 1. The third-order valence-electron chi connectivity index (χ3n) is 11.6. The Morgan fingerprint density at radius 3 is 2.45 bits per heavy atom. The molecule has 2 aromatic rings. The van der Waals surface area contributed by atoms with E-state index in [1.54, 1.807) is 13.2 Å². The average molecular weight is 744 g/mol. The molecule has 1 saturated carbocycles. The zero-order valence-corrected chi connectivity index (χ0v) is 33.2. The zero-order chi connectivity index (χ0) is 36.5. The summed E-state index contributed by atoms with van der Waals surface area (Å²) in [5.74, 6) is 2.54. The highest BCUT2D eigenvalue weighted by Crippen LogP contribution is 2.47. The van der Waals surface area contributed by atoms with E-state index in [0.717, 1.165) is 88.0 Å². The molecule has 1 amide bonds. The molecule has 8 nitrogen and oxygen atoms in total. The normalized spacial score (nSPS) is 24.5. The fourth-order valence-corrected chi connectivity index (χ4v) is 8.49. The number of methoxy groups -OCH3 is 1. The number of ether oxygens (including phenoxy) is 4. The van der Waals surface area contributed by atoms with E-state index in [1.807, 2.05) is 18.2 Å². The summed E-state index contributed by atoms with van der Waals surface area (Å²) < 4.78 is 24.0. The average Bonchev–Trinajstić information content (AvgIpc) is 3.28. The van der Waals surface area contributed by atoms with Gasteiger partial charge in [0.1, 0.15) is 5.75 Å². The number of amides is 1. The smallest absolute Gasteiger partial charge is 0.248 e. The number of hydrogen-bond acceptors (Lipinski definition) is 8. The molecule has 6 unspecified atom stereocenters. The van der Waals surface area contributed by atoms with Gasteiger partial charge >= 0.3 is 0 Å². The summed E-state index contributed by atoms with van der Waals surface area (Å²) >= 11 is 11.1. The quantitative estimate of drug-likeness (QED) is 0.191. The molecule has 51 heavy (non-hydrogen) atoms. The molecule has 284 valence electrons. The molecule has 1 aliphatic carbocycles. The second-order valence-electron chi connectivity index (χ2n) is 15.4. The van der Waals surface area contributed by atoms with Gasteiger partial charge in [0.05, 0.1) is 31.6 Å². The Morgan fingerprint density at radius 2 is 1.84 bits per heavy atom. The van der Waals surface area contributed by atoms with E-state index in [-0.39, 0.29) is 12.2 Å². The van der Waals surface area contributed by atoms with Gasteiger partial charge in [-0.15, -0.1) is 0 Å². The minimum atomic E-state index is -0.422. The molecule has 3 fully saturated rings. The molecule has 2 saturated heterocycles. The first-order valence-electron chi connectivity index (χ1n) is 19.3. The van der Waals surface area contributed by atoms with Crippen LogP contribution in [0, 0.1) is 23.7 Å². The first-order valence-corrected chi connectivity index (χ1v) is 20.2. The van der Waals surface area contributed by atoms with Crippen LogP contribution >= 0.6 is 24.2 Å². The standard InChI is InChI=1S/C36H51ClN2O4S.C5H11NO/c1-4-7-25-18-29(37)12-14-30(25)28-21-39(33-19-26(35(38)40)11-15-34(33)43-22-28)20-27-10-13-31(27)32(36-41-16-6-17-42-36)9-5-8-23(2)24(3)44;1-6-3-5(4-6)7-2/h11-12,14-15,18-19,23-24,27-28,31-32,36,44H,4-10,13,16-17,20-22H2,1-3H3,(H2,38,40);5H,3-4H2,1-2H3. The molecule has 0 bridgehead atoms. The maximum absolute atomic E-state index is 12.2. The Labute approximate surface area is 317 Å². The summed E-state index contributed by atoms with van der Waals surface area (Å²) in [7, 11) is 3.85. The summed E-state index contributed by atoms with van der Waals surface area (Å²) in [6, 6.07) is 11.9. The Hall–Kier alpha value is -2.01. The highest BCUT2D eigenvalue weighted by molar-refractivity contribution is 7.80. The first kappa shape index (κ1) is 40.2. The third kappa shape index (κ3) is 10.8. The highest BCUT2D eigenvalue weighted by atomic mass is 35.5. The summed E-state index contributed by atoms with van der Waals surface area (Å²) in [4.78, 5) is 16.9. The summed E-state index contributed by atoms with van der Waals surface area (Å²) in [5.41, 5.74) is 9.79. The number of benzene rings is 2. The predicted octanol–water partition coefficient (Wildman–Crippen LogP) is 7.85. The molecule has 2 aromatic carbocycles. The minimum Gasteiger partial charge on any atom is -0.491 e. The maximum atomic E-state index is 12.2. The number of fused-ring (bicyclic) bond motifs is 1. The fraction of sp³-hybridized carbons (Fsp3) is 0.683. The van der Waals surface area contributed by atoms with Crippen LogP contribution in [0.4, 0.5) is 5.69 Å². The van der Waals surface area contributed by atoms with E-state index in [4.69, 9.17) is 36.3 Å². The van der Waals surface area contributed by atoms with Crippen LogP contribution < -0.4 is 15.4 Å². The molecule has 2 N–H and O–H groups in total. The Morgan fingerprint density at radius 1 is 1.08 bits per heavy atom. The van der Waals surface area contributed by atoms with Crippen molar-refractivity contribution in [3.63, 3.8) is 0 Å². The lowest BCUT2D eigenvalue weighted by Crippen LogP contribution is -2.48. The van der Waals surface area contributed by atoms with E-state index in [9.17, 15) is 4.79 Å². The number of carbonyl (C=O) groups excluding carboxylic acids is 1. The van der Waals surface area contributed by atoms with Gasteiger partial charge in [0.25, 0.3) is 0 Å². The lowest BCUT2D eigenvalue weighted by molar-refractivity contribution is -0.224. The molecule has 3 heterocycles. The third-order valence-corrected chi connectivity index (χ3v) is 12.3. The van der Waals surface area contributed by atoms with Crippen molar-refractivity contribution in [2.75, 3.05) is 65.1 Å². The number of hydrogen-bond donors (Lipinski definition) is 2. The lowest BCUT2D eigenvalue weighted by atomic mass is 9.65. The van der Waals surface area contributed by atoms with E-state index in [0.29, 0.717) is 47.2 Å². The van der Waals surface area contributed by atoms with Crippen LogP contribution in [-0.4, -0.2) is 88.6 Å². The Balaban J connectivity index is 0.000000643. The van der Waals surface area contributed by atoms with Crippen LogP contribution in [0.1, 0.15) is 93.1 Å². The van der Waals surface area contributed by atoms with Gasteiger partial charge in [-0.05, 0) is 105 Å². The Kier molecular flexibility index (Phi) is 15.2. The van der Waals surface area contributed by atoms with E-state index >= 15 is 0 Å². The number of nitrogens with zero attached hydrogens (tertiary/aromatic N) is 2. The van der Waals surface area contributed by atoms with Gasteiger partial charge in [-0.2, -0.15) is 12.6 Å². The number of nitrogens with two attached hydrogens (primary N) is 1. The van der Waals surface area contributed by atoms with Crippen molar-refractivity contribution in [3.8, 4) is 5.75 Å². The molecular weight excluding hydrogens is 682 g/mol. The maximum Gasteiger partial charge on any atom is 0.248 e. The van der Waals surface area contributed by atoms with Gasteiger partial charge in [-0.25, -0.2) is 0 Å². The van der Waals surface area contributed by atoms with E-state index in [1.165, 1.54) is 30.4 Å². The van der Waals surface area contributed by atoms with Crippen LogP contribution in [0.3, 0.4) is 0 Å². The molecule has 6 atom stereocenters. The molecule has 3 aliphatic heterocycles. The highest BCUT2D eigenvalue weighted by Gasteiger charge is 2.43. The SMILES string of the molecule is CCCc1cc(Cl)ccc1C1COc2ccc(C(N)=O)cc2N(CC2CCC2C(CCCC(C)C(C)S)C2OCCCO2)C1.COC1CN(C)C1. The predicted molar refractivity (Wildman–Crippen MR) is 211 cm³/mol. The molecule has 0 aromatic heterocycles. The number of anilines is 1. The van der Waals surface area contributed by atoms with Gasteiger partial charge in [0.2, 0.25) is 5.91 Å². The van der Waals surface area contributed by atoms with Crippen molar-refractivity contribution in [1.82, 2.24) is 4.90 Å². The zero-order valence-electron chi connectivity index (χ0n) is 31.5. The lowest BCUT2D eigenvalue weighted by Gasteiger charge is -2.47. The molecule has 0 radical (unpaired) electrons. The van der Waals surface area contributed by atoms with Crippen LogP contribution in [0.15, 0.2) is 36.4 Å². The molecule has 10 heteroatoms. The molecule has 4 aliphatic rings.